The Labute approximate surface area is 243 Å². The van der Waals surface area contributed by atoms with E-state index in [4.69, 9.17) is 16.3 Å². The highest BCUT2D eigenvalue weighted by molar-refractivity contribution is 8.00. The fraction of sp³-hybridized carbons (Fsp3) is 0.200. The zero-order chi connectivity index (χ0) is 28.5. The lowest BCUT2D eigenvalue weighted by Crippen LogP contribution is -2.29. The van der Waals surface area contributed by atoms with Crippen LogP contribution in [0.2, 0.25) is 5.02 Å². The molecule has 0 saturated carbocycles. The lowest BCUT2D eigenvalue weighted by atomic mass is 9.92. The van der Waals surface area contributed by atoms with Gasteiger partial charge in [0.2, 0.25) is 0 Å². The number of methoxy groups -OCH3 is 1. The van der Waals surface area contributed by atoms with E-state index in [-0.39, 0.29) is 5.91 Å². The summed E-state index contributed by atoms with van der Waals surface area (Å²) in [7, 11) is 1.64. The van der Waals surface area contributed by atoms with Crippen LogP contribution < -0.4 is 20.1 Å². The molecule has 0 unspecified atom stereocenters. The number of aromatic nitrogens is 1. The second kappa shape index (κ2) is 13.3. The first-order chi connectivity index (χ1) is 19.3. The van der Waals surface area contributed by atoms with Gasteiger partial charge < -0.3 is 20.1 Å². The van der Waals surface area contributed by atoms with Gasteiger partial charge in [-0.2, -0.15) is 0 Å². The maximum absolute atomic E-state index is 12.3. The Hall–Kier alpha value is -4.08. The van der Waals surface area contributed by atoms with Gasteiger partial charge in [0, 0.05) is 36.9 Å². The van der Waals surface area contributed by atoms with Gasteiger partial charge in [-0.15, -0.1) is 4.91 Å². The molecule has 0 atom stereocenters. The monoisotopic (exact) mass is 575 g/mol. The van der Waals surface area contributed by atoms with Crippen LogP contribution in [0.15, 0.2) is 95.3 Å². The maximum atomic E-state index is 12.3. The molecule has 10 heteroatoms. The number of hydrogen-bond acceptors (Lipinski definition) is 8. The summed E-state index contributed by atoms with van der Waals surface area (Å²) in [5, 5.41) is 9.79. The first kappa shape index (κ1) is 28.9. The van der Waals surface area contributed by atoms with Crippen molar-refractivity contribution in [3.8, 4) is 16.9 Å². The van der Waals surface area contributed by atoms with E-state index in [1.165, 1.54) is 18.1 Å². The van der Waals surface area contributed by atoms with E-state index in [9.17, 15) is 9.70 Å². The Morgan fingerprint density at radius 2 is 1.77 bits per heavy atom. The minimum Gasteiger partial charge on any atom is -0.496 e. The number of pyridine rings is 1. The van der Waals surface area contributed by atoms with Gasteiger partial charge in [0.15, 0.2) is 0 Å². The second-order valence-corrected chi connectivity index (χ2v) is 10.7. The van der Waals surface area contributed by atoms with E-state index < -0.39 is 5.54 Å². The van der Waals surface area contributed by atoms with Crippen molar-refractivity contribution in [1.82, 2.24) is 10.3 Å². The van der Waals surface area contributed by atoms with Gasteiger partial charge in [-0.25, -0.2) is 0 Å². The molecule has 0 aliphatic rings. The standard InChI is InChI=1S/C30H30ClN5O3S/c1-30(2,36-38)22-7-4-6-20(16-22)21-10-11-27(39-3)28(17-21)40-35-24-9-5-8-23(18-24)33-14-15-34-29(37)25-19-32-13-12-26(25)31/h4-13,16-19,33,35H,14-15H2,1-3H3,(H,34,37). The molecule has 3 N–H and O–H groups in total. The molecule has 3 aromatic carbocycles. The molecule has 0 aliphatic heterocycles. The Morgan fingerprint density at radius 1 is 1.00 bits per heavy atom. The average molecular weight is 576 g/mol. The van der Waals surface area contributed by atoms with Gasteiger partial charge in [0.25, 0.3) is 5.91 Å². The molecule has 1 aromatic heterocycles. The molecule has 0 fully saturated rings. The highest BCUT2D eigenvalue weighted by Gasteiger charge is 2.21. The summed E-state index contributed by atoms with van der Waals surface area (Å²) in [6, 6.07) is 23.3. The number of nitrogens with one attached hydrogen (secondary N) is 3. The largest absolute Gasteiger partial charge is 0.496 e. The number of benzene rings is 3. The van der Waals surface area contributed by atoms with Gasteiger partial charge >= 0.3 is 0 Å². The zero-order valence-corrected chi connectivity index (χ0v) is 24.0. The van der Waals surface area contributed by atoms with Crippen molar-refractivity contribution in [2.24, 2.45) is 5.18 Å². The number of nitroso groups, excluding NO2 is 1. The number of ether oxygens (including phenoxy) is 1. The van der Waals surface area contributed by atoms with Gasteiger partial charge in [0.1, 0.15) is 11.3 Å². The molecular formula is C30H30ClN5O3S. The molecule has 0 bridgehead atoms. The minimum atomic E-state index is -0.806. The number of amides is 1. The third-order valence-corrected chi connectivity index (χ3v) is 7.39. The van der Waals surface area contributed by atoms with Crippen molar-refractivity contribution < 1.29 is 9.53 Å². The summed E-state index contributed by atoms with van der Waals surface area (Å²) >= 11 is 7.50. The summed E-state index contributed by atoms with van der Waals surface area (Å²) < 4.78 is 8.98. The molecule has 0 saturated heterocycles. The van der Waals surface area contributed by atoms with E-state index in [0.29, 0.717) is 23.7 Å². The fourth-order valence-electron chi connectivity index (χ4n) is 3.90. The number of carbonyl (C=O) groups excluding carboxylic acids is 1. The van der Waals surface area contributed by atoms with Crippen LogP contribution in [0.1, 0.15) is 29.8 Å². The van der Waals surface area contributed by atoms with Crippen LogP contribution in [0, 0.1) is 4.91 Å². The smallest absolute Gasteiger partial charge is 0.254 e. The van der Waals surface area contributed by atoms with E-state index in [0.717, 1.165) is 38.7 Å². The van der Waals surface area contributed by atoms with E-state index in [1.807, 2.05) is 60.7 Å². The molecule has 0 spiro atoms. The summed E-state index contributed by atoms with van der Waals surface area (Å²) in [5.41, 5.74) is 4.19. The van der Waals surface area contributed by atoms with Crippen LogP contribution in [0.3, 0.4) is 0 Å². The highest BCUT2D eigenvalue weighted by atomic mass is 35.5. The lowest BCUT2D eigenvalue weighted by Gasteiger charge is -2.17. The summed E-state index contributed by atoms with van der Waals surface area (Å²) in [6.07, 6.45) is 2.99. The normalized spacial score (nSPS) is 11.0. The zero-order valence-electron chi connectivity index (χ0n) is 22.4. The van der Waals surface area contributed by atoms with Gasteiger partial charge in [-0.3, -0.25) is 9.78 Å². The second-order valence-electron chi connectivity index (χ2n) is 9.42. The van der Waals surface area contributed by atoms with Crippen molar-refractivity contribution in [3.05, 3.63) is 106 Å². The predicted molar refractivity (Wildman–Crippen MR) is 163 cm³/mol. The lowest BCUT2D eigenvalue weighted by molar-refractivity contribution is 0.0955. The Kier molecular flexibility index (Phi) is 9.63. The number of nitrogens with zero attached hydrogens (tertiary/aromatic N) is 2. The van der Waals surface area contributed by atoms with Gasteiger partial charge in [0.05, 0.1) is 22.6 Å². The molecule has 1 heterocycles. The van der Waals surface area contributed by atoms with Crippen molar-refractivity contribution in [1.29, 1.82) is 0 Å². The minimum absolute atomic E-state index is 0.265. The molecule has 4 aromatic rings. The summed E-state index contributed by atoms with van der Waals surface area (Å²) in [4.78, 5) is 28.5. The molecule has 0 radical (unpaired) electrons. The van der Waals surface area contributed by atoms with Crippen LogP contribution in [-0.4, -0.2) is 31.1 Å². The molecule has 1 amide bonds. The Morgan fingerprint density at radius 3 is 2.55 bits per heavy atom. The molecular weight excluding hydrogens is 546 g/mol. The van der Waals surface area contributed by atoms with Crippen molar-refractivity contribution in [2.45, 2.75) is 24.3 Å². The summed E-state index contributed by atoms with van der Waals surface area (Å²) in [5.74, 6) is 0.477. The molecule has 8 nitrogen and oxygen atoms in total. The highest BCUT2D eigenvalue weighted by Crippen LogP contribution is 2.36. The first-order valence-electron chi connectivity index (χ1n) is 12.6. The Bertz CT molecular complexity index is 1500. The summed E-state index contributed by atoms with van der Waals surface area (Å²) in [6.45, 7) is 4.55. The molecule has 40 heavy (non-hydrogen) atoms. The third kappa shape index (κ3) is 7.31. The molecule has 0 aliphatic carbocycles. The number of anilines is 2. The van der Waals surface area contributed by atoms with Crippen molar-refractivity contribution >= 4 is 40.8 Å². The van der Waals surface area contributed by atoms with Crippen LogP contribution in [-0.2, 0) is 5.54 Å². The van der Waals surface area contributed by atoms with Crippen LogP contribution in [0.5, 0.6) is 5.75 Å². The fourth-order valence-corrected chi connectivity index (χ4v) is 4.88. The number of hydrogen-bond donors (Lipinski definition) is 3. The van der Waals surface area contributed by atoms with E-state index >= 15 is 0 Å². The maximum Gasteiger partial charge on any atom is 0.254 e. The van der Waals surface area contributed by atoms with Crippen molar-refractivity contribution in [2.75, 3.05) is 30.2 Å². The predicted octanol–water partition coefficient (Wildman–Crippen LogP) is 7.37. The van der Waals surface area contributed by atoms with E-state index in [2.05, 4.69) is 31.6 Å². The van der Waals surface area contributed by atoms with Crippen LogP contribution in [0.25, 0.3) is 11.1 Å². The average Bonchev–Trinajstić information content (AvgIpc) is 2.98. The molecule has 206 valence electrons. The SMILES string of the molecule is COc1ccc(-c2cccc(C(C)(C)N=O)c2)cc1SNc1cccc(NCCNC(=O)c2cnccc2Cl)c1. The number of carbonyl (C=O) groups is 1. The van der Waals surface area contributed by atoms with Crippen molar-refractivity contribution in [3.63, 3.8) is 0 Å². The van der Waals surface area contributed by atoms with Crippen LogP contribution >= 0.6 is 23.5 Å². The third-order valence-electron chi connectivity index (χ3n) is 6.19. The van der Waals surface area contributed by atoms with Gasteiger partial charge in [-0.1, -0.05) is 47.1 Å². The van der Waals surface area contributed by atoms with E-state index in [1.54, 1.807) is 33.2 Å². The quantitative estimate of drug-likeness (QED) is 0.0919. The number of halogens is 1. The molecule has 4 rings (SSSR count). The number of rotatable bonds is 12. The van der Waals surface area contributed by atoms with Gasteiger partial charge in [-0.05, 0) is 85.0 Å². The Balaban J connectivity index is 1.38. The first-order valence-corrected chi connectivity index (χ1v) is 13.8. The topological polar surface area (TPSA) is 105 Å². The van der Waals surface area contributed by atoms with Crippen LogP contribution in [0.4, 0.5) is 11.4 Å².